The van der Waals surface area contributed by atoms with Gasteiger partial charge in [-0.2, -0.15) is 0 Å². The van der Waals surface area contributed by atoms with Gasteiger partial charge < -0.3 is 115 Å². The summed E-state index contributed by atoms with van der Waals surface area (Å²) in [5.41, 5.74) is 0. The number of rotatable bonds is 0. The molecule has 0 radical (unpaired) electrons. The zero-order valence-electron chi connectivity index (χ0n) is 27.2. The third-order valence-corrected chi connectivity index (χ3v) is 0. The van der Waals surface area contributed by atoms with Crippen molar-refractivity contribution in [3.63, 3.8) is 0 Å². The van der Waals surface area contributed by atoms with Crippen LogP contribution in [0.4, 0.5) is 0 Å². The average Bonchev–Trinajstić information content (AvgIpc) is 2.56. The van der Waals surface area contributed by atoms with Crippen LogP contribution in [0, 0.1) is 31.1 Å². The van der Waals surface area contributed by atoms with Gasteiger partial charge in [0.25, 0.3) is 0 Å². The Hall–Kier alpha value is -4.37. The van der Waals surface area contributed by atoms with E-state index in [2.05, 4.69) is 0 Å². The van der Waals surface area contributed by atoms with E-state index in [4.69, 9.17) is 104 Å². The summed E-state index contributed by atoms with van der Waals surface area (Å²) in [4.78, 5) is 88.9. The predicted octanol–water partition coefficient (Wildman–Crippen LogP) is -14.8. The van der Waals surface area contributed by atoms with Gasteiger partial charge in [-0.15, -0.1) is 0 Å². The number of aliphatic carboxylic acids is 10. The van der Waals surface area contributed by atoms with E-state index in [0.717, 1.165) is 69.2 Å². The Morgan fingerprint density at radius 1 is 0.326 bits per heavy atom. The Kier molecular flexibility index (Phi) is 176. The van der Waals surface area contributed by atoms with Crippen molar-refractivity contribution in [1.29, 1.82) is 0 Å². The van der Waals surface area contributed by atoms with Gasteiger partial charge in [-0.3, -0.25) is 0 Å². The van der Waals surface area contributed by atoms with Crippen LogP contribution in [0.2, 0.25) is 0 Å². The zero-order chi connectivity index (χ0) is 38.5. The molecule has 0 saturated heterocycles. The van der Waals surface area contributed by atoms with Crippen molar-refractivity contribution in [1.82, 2.24) is 0 Å². The summed E-state index contributed by atoms with van der Waals surface area (Å²) < 4.78 is 0. The first-order chi connectivity index (χ1) is 18.7. The smallest absolute Gasteiger partial charge is 0.873 e. The van der Waals surface area contributed by atoms with Crippen molar-refractivity contribution in [3.05, 3.63) is 0 Å². The molecule has 0 spiro atoms. The number of carboxylic acid groups (broad SMARTS) is 10. The number of hydrogen-bond acceptors (Lipinski definition) is 21. The van der Waals surface area contributed by atoms with E-state index in [1.807, 2.05) is 0 Å². The van der Waals surface area contributed by atoms with Gasteiger partial charge in [0, 0.05) is 66.3 Å². The van der Waals surface area contributed by atoms with Gasteiger partial charge in [-0.05, 0) is 76.2 Å². The number of aliphatic hydroxyl groups excluding tert-OH is 1. The average molecular weight is 915 g/mol. The molecule has 9 N–H and O–H groups in total. The quantitative estimate of drug-likeness (QED) is 0.236. The van der Waals surface area contributed by atoms with Gasteiger partial charge in [-0.1, -0.05) is 0 Å². The molecule has 0 aliphatic heterocycles. The molecule has 0 atom stereocenters. The summed E-state index contributed by atoms with van der Waals surface area (Å²) in [6, 6.07) is 0. The Bertz CT molecular complexity index is 496. The van der Waals surface area contributed by atoms with Crippen molar-refractivity contribution >= 4 is 59.7 Å². The number of aliphatic hydroxyl groups is 1. The van der Waals surface area contributed by atoms with Gasteiger partial charge in [0.05, 0.1) is 0 Å². The van der Waals surface area contributed by atoms with Gasteiger partial charge in [0.1, 0.15) is 0 Å². The summed E-state index contributed by atoms with van der Waals surface area (Å²) in [5.74, 6) is -10.8. The van der Waals surface area contributed by atoms with E-state index in [1.165, 1.54) is 0 Å². The summed E-state index contributed by atoms with van der Waals surface area (Å²) >= 11 is 0. The maximum absolute atomic E-state index is 8.89. The topological polar surface area (TPSA) is 491 Å². The first kappa shape index (κ1) is 90.0. The minimum absolute atomic E-state index is 0. The summed E-state index contributed by atoms with van der Waals surface area (Å²) in [5, 5.41) is 96.5. The third kappa shape index (κ3) is 3100. The molecule has 0 unspecified atom stereocenters. The monoisotopic (exact) mass is 914 g/mol. The molecule has 0 aromatic rings. The van der Waals surface area contributed by atoms with Crippen molar-refractivity contribution in [2.45, 2.75) is 76.2 Å². The molecule has 0 bridgehead atoms. The van der Waals surface area contributed by atoms with Crippen LogP contribution in [0.1, 0.15) is 76.2 Å². The second kappa shape index (κ2) is 90.0. The van der Waals surface area contributed by atoms with Gasteiger partial charge in [-0.25, -0.2) is 0 Å². The molecule has 0 saturated carbocycles. The number of carbonyl (C=O) groups excluding carboxylic acids is 10. The van der Waals surface area contributed by atoms with Crippen LogP contribution in [0.5, 0.6) is 0 Å². The Balaban J connectivity index is -0.0000000203. The fourth-order valence-corrected chi connectivity index (χ4v) is 0. The molecule has 0 aromatic heterocycles. The van der Waals surface area contributed by atoms with Crippen LogP contribution < -0.4 is 51.1 Å². The molecule has 0 fully saturated rings. The van der Waals surface area contributed by atoms with Gasteiger partial charge in [0.15, 0.2) is 0 Å². The molecule has 0 amide bonds. The zero-order valence-corrected chi connectivity index (χ0v) is 31.4. The Labute approximate surface area is 288 Å². The second-order valence-electron chi connectivity index (χ2n) is 5.23. The maximum Gasteiger partial charge on any atom is 6.00 e. The largest absolute Gasteiger partial charge is 6.00 e. The fraction of sp³-hybridized carbons (Fsp3) is 0.545. The predicted molar refractivity (Wildman–Crippen MR) is 132 cm³/mol. The van der Waals surface area contributed by atoms with Crippen molar-refractivity contribution in [2.75, 3.05) is 6.61 Å². The van der Waals surface area contributed by atoms with Crippen LogP contribution >= 0.6 is 0 Å². The number of carboxylic acids is 10. The first-order valence-corrected chi connectivity index (χ1v) is 10.1. The molecular formula is C22H44O23U. The number of hydrogen-bond donors (Lipinski definition) is 1. The van der Waals surface area contributed by atoms with Crippen molar-refractivity contribution in [2.24, 2.45) is 0 Å². The molecule has 274 valence electrons. The standard InChI is InChI=1S/10C2H4O2.C2H6O.2H4O.U/c10*1-2(3)4;1-2-3;;;/h10*1H3,(H,3,4);3H,2H2,1H3;2*1H4;/q;;;;;;;;;;;2*+2;+6/p-10. The maximum atomic E-state index is 8.89. The molecular weight excluding hydrogens is 870 g/mol. The van der Waals surface area contributed by atoms with Crippen LogP contribution in [0.3, 0.4) is 0 Å². The molecule has 0 aliphatic rings. The summed E-state index contributed by atoms with van der Waals surface area (Å²) in [6.07, 6.45) is 0. The molecule has 0 aromatic carbocycles. The van der Waals surface area contributed by atoms with E-state index in [1.54, 1.807) is 6.92 Å². The summed E-state index contributed by atoms with van der Waals surface area (Å²) in [6.45, 7) is 11.7. The SMILES string of the molecule is CC(=O)[O-].CC(=O)[O-].CC(=O)[O-].CC(=O)[O-].CC(=O)[O-].CC(=O)[O-].CC(=O)[O-].CC(=O)[O-].CC(=O)[O-].CC(=O)[O-].CCO.[OH4+2].[OH4+2].[U+6]. The van der Waals surface area contributed by atoms with E-state index >= 15 is 0 Å². The Morgan fingerprint density at radius 3 is 0.326 bits per heavy atom. The number of carbonyl (C=O) groups is 10. The van der Waals surface area contributed by atoms with Crippen LogP contribution in [-0.2, 0) is 58.9 Å². The second-order valence-corrected chi connectivity index (χ2v) is 5.23. The Morgan fingerprint density at radius 2 is 0.326 bits per heavy atom. The van der Waals surface area contributed by atoms with Gasteiger partial charge >= 0.3 is 31.1 Å². The molecule has 0 heterocycles. The van der Waals surface area contributed by atoms with E-state index in [-0.39, 0.29) is 48.7 Å². The van der Waals surface area contributed by atoms with Crippen molar-refractivity contribution < 1.29 is 146 Å². The van der Waals surface area contributed by atoms with E-state index in [0.29, 0.717) is 0 Å². The van der Waals surface area contributed by atoms with Crippen LogP contribution in [0.25, 0.3) is 0 Å². The minimum Gasteiger partial charge on any atom is -0.873 e. The van der Waals surface area contributed by atoms with E-state index in [9.17, 15) is 0 Å². The van der Waals surface area contributed by atoms with E-state index < -0.39 is 59.7 Å². The molecule has 46 heavy (non-hydrogen) atoms. The fourth-order valence-electron chi connectivity index (χ4n) is 0. The van der Waals surface area contributed by atoms with Gasteiger partial charge in [0.2, 0.25) is 0 Å². The minimum atomic E-state index is -1.08. The summed E-state index contributed by atoms with van der Waals surface area (Å²) in [7, 11) is 0. The normalized spacial score (nSPS) is 5.83. The third-order valence-electron chi connectivity index (χ3n) is 0. The van der Waals surface area contributed by atoms with Crippen LogP contribution in [0.15, 0.2) is 0 Å². The van der Waals surface area contributed by atoms with Crippen molar-refractivity contribution in [3.8, 4) is 0 Å². The molecule has 23 nitrogen and oxygen atoms in total. The molecule has 24 heteroatoms. The first-order valence-electron chi connectivity index (χ1n) is 10.1. The molecule has 0 aliphatic carbocycles. The molecule has 0 rings (SSSR count). The van der Waals surface area contributed by atoms with Crippen LogP contribution in [-0.4, -0.2) is 71.4 Å².